The highest BCUT2D eigenvalue weighted by Gasteiger charge is 2.23. The van der Waals surface area contributed by atoms with E-state index in [0.29, 0.717) is 5.92 Å². The Morgan fingerprint density at radius 2 is 2.13 bits per heavy atom. The summed E-state index contributed by atoms with van der Waals surface area (Å²) in [6.07, 6.45) is 5.22. The highest BCUT2D eigenvalue weighted by atomic mass is 15.3. The maximum atomic E-state index is 6.03. The Morgan fingerprint density at radius 1 is 1.47 bits per heavy atom. The largest absolute Gasteiger partial charge is 0.384 e. The first-order chi connectivity index (χ1) is 7.09. The smallest absolute Gasteiger partial charge is 0.125 e. The van der Waals surface area contributed by atoms with E-state index in [2.05, 4.69) is 18.9 Å². The minimum absolute atomic E-state index is 0.480. The van der Waals surface area contributed by atoms with Crippen molar-refractivity contribution in [2.24, 2.45) is 13.0 Å². The first kappa shape index (κ1) is 10.5. The van der Waals surface area contributed by atoms with Crippen LogP contribution >= 0.6 is 0 Å². The fraction of sp³-hybridized carbons (Fsp3) is 0.750. The van der Waals surface area contributed by atoms with E-state index in [4.69, 9.17) is 5.73 Å². The van der Waals surface area contributed by atoms with Gasteiger partial charge in [0.2, 0.25) is 0 Å². The lowest BCUT2D eigenvalue weighted by Gasteiger charge is -2.06. The highest BCUT2D eigenvalue weighted by Crippen LogP contribution is 2.35. The molecule has 1 aromatic heterocycles. The van der Waals surface area contributed by atoms with E-state index < -0.39 is 0 Å². The van der Waals surface area contributed by atoms with E-state index in [1.807, 2.05) is 11.7 Å². The number of aryl methyl sites for hydroxylation is 2. The zero-order valence-corrected chi connectivity index (χ0v) is 9.95. The number of nitrogen functional groups attached to an aromatic ring is 1. The van der Waals surface area contributed by atoms with Crippen molar-refractivity contribution in [3.8, 4) is 0 Å². The summed E-state index contributed by atoms with van der Waals surface area (Å²) in [7, 11) is 1.93. The van der Waals surface area contributed by atoms with E-state index in [1.54, 1.807) is 0 Å². The van der Waals surface area contributed by atoms with Crippen molar-refractivity contribution < 1.29 is 0 Å². The summed E-state index contributed by atoms with van der Waals surface area (Å²) in [5.74, 6) is 2.29. The minimum atomic E-state index is 0.480. The number of rotatable bonds is 4. The topological polar surface area (TPSA) is 43.8 Å². The van der Waals surface area contributed by atoms with Crippen LogP contribution in [0.5, 0.6) is 0 Å². The first-order valence-electron chi connectivity index (χ1n) is 5.90. The summed E-state index contributed by atoms with van der Waals surface area (Å²) in [4.78, 5) is 0. The predicted octanol–water partition coefficient (Wildman–Crippen LogP) is 2.47. The molecule has 0 aromatic carbocycles. The van der Waals surface area contributed by atoms with Gasteiger partial charge in [-0.3, -0.25) is 4.68 Å². The molecule has 0 saturated heterocycles. The van der Waals surface area contributed by atoms with Gasteiger partial charge in [-0.25, -0.2) is 0 Å². The van der Waals surface area contributed by atoms with E-state index >= 15 is 0 Å². The number of hydrogen-bond donors (Lipinski definition) is 1. The van der Waals surface area contributed by atoms with Gasteiger partial charge in [0.1, 0.15) is 5.82 Å². The monoisotopic (exact) mass is 207 g/mol. The van der Waals surface area contributed by atoms with Crippen LogP contribution in [0.3, 0.4) is 0 Å². The van der Waals surface area contributed by atoms with Crippen LogP contribution in [-0.2, 0) is 13.5 Å². The zero-order valence-electron chi connectivity index (χ0n) is 9.95. The van der Waals surface area contributed by atoms with Gasteiger partial charge in [-0.2, -0.15) is 5.10 Å². The van der Waals surface area contributed by atoms with Crippen LogP contribution in [0.25, 0.3) is 0 Å². The fourth-order valence-electron chi connectivity index (χ4n) is 2.17. The quantitative estimate of drug-likeness (QED) is 0.824. The lowest BCUT2D eigenvalue weighted by molar-refractivity contribution is 0.680. The van der Waals surface area contributed by atoms with Gasteiger partial charge in [-0.1, -0.05) is 26.7 Å². The van der Waals surface area contributed by atoms with Gasteiger partial charge >= 0.3 is 0 Å². The van der Waals surface area contributed by atoms with Gasteiger partial charge in [0.25, 0.3) is 0 Å². The van der Waals surface area contributed by atoms with E-state index in [1.165, 1.54) is 30.5 Å². The van der Waals surface area contributed by atoms with Crippen LogP contribution in [0.1, 0.15) is 50.3 Å². The molecule has 0 unspecified atom stereocenters. The molecule has 0 bridgehead atoms. The molecule has 0 atom stereocenters. The molecule has 3 nitrogen and oxygen atoms in total. The molecule has 2 rings (SSSR count). The van der Waals surface area contributed by atoms with Gasteiger partial charge in [-0.15, -0.1) is 0 Å². The molecule has 0 radical (unpaired) electrons. The first-order valence-corrected chi connectivity index (χ1v) is 5.90. The summed E-state index contributed by atoms with van der Waals surface area (Å²) in [6, 6.07) is 0. The molecule has 84 valence electrons. The third-order valence-electron chi connectivity index (χ3n) is 3.27. The summed E-state index contributed by atoms with van der Waals surface area (Å²) in [5.41, 5.74) is 8.51. The standard InChI is InChI=1S/C12H21N3/c1-8(2)11-10(7-6-9-4-5-9)14-15(3)12(11)13/h8-9H,4-7,13H2,1-3H3. The van der Waals surface area contributed by atoms with Crippen molar-refractivity contribution in [1.82, 2.24) is 9.78 Å². The van der Waals surface area contributed by atoms with Crippen LogP contribution in [0.15, 0.2) is 0 Å². The fourth-order valence-corrected chi connectivity index (χ4v) is 2.17. The number of anilines is 1. The SMILES string of the molecule is CC(C)c1c(CCC2CC2)nn(C)c1N. The van der Waals surface area contributed by atoms with Gasteiger partial charge in [0.05, 0.1) is 5.69 Å². The molecule has 1 aromatic rings. The van der Waals surface area contributed by atoms with Gasteiger partial charge in [0.15, 0.2) is 0 Å². The Bertz CT molecular complexity index is 348. The molecule has 0 amide bonds. The molecule has 3 heteroatoms. The highest BCUT2D eigenvalue weighted by molar-refractivity contribution is 5.45. The number of nitrogens with two attached hydrogens (primary N) is 1. The molecular formula is C12H21N3. The third kappa shape index (κ3) is 2.16. The number of aromatic nitrogens is 2. The molecule has 0 spiro atoms. The van der Waals surface area contributed by atoms with Crippen molar-refractivity contribution in [3.05, 3.63) is 11.3 Å². The van der Waals surface area contributed by atoms with Crippen LogP contribution in [-0.4, -0.2) is 9.78 Å². The van der Waals surface area contributed by atoms with Crippen molar-refractivity contribution in [2.45, 2.75) is 45.4 Å². The number of hydrogen-bond acceptors (Lipinski definition) is 2. The maximum absolute atomic E-state index is 6.03. The summed E-state index contributed by atoms with van der Waals surface area (Å²) in [5, 5.41) is 4.52. The van der Waals surface area contributed by atoms with E-state index in [9.17, 15) is 0 Å². The second-order valence-corrected chi connectivity index (χ2v) is 5.01. The van der Waals surface area contributed by atoms with Crippen LogP contribution in [0.4, 0.5) is 5.82 Å². The van der Waals surface area contributed by atoms with E-state index in [-0.39, 0.29) is 0 Å². The Balaban J connectivity index is 2.16. The molecule has 15 heavy (non-hydrogen) atoms. The molecular weight excluding hydrogens is 186 g/mol. The zero-order chi connectivity index (χ0) is 11.0. The average Bonchev–Trinajstić information content (AvgIpc) is 2.92. The second-order valence-electron chi connectivity index (χ2n) is 5.01. The summed E-state index contributed by atoms with van der Waals surface area (Å²) in [6.45, 7) is 4.38. The van der Waals surface area contributed by atoms with Crippen LogP contribution in [0.2, 0.25) is 0 Å². The second kappa shape index (κ2) is 3.87. The Morgan fingerprint density at radius 3 is 2.67 bits per heavy atom. The molecule has 1 aliphatic carbocycles. The lowest BCUT2D eigenvalue weighted by atomic mass is 10.00. The van der Waals surface area contributed by atoms with Crippen LogP contribution in [0, 0.1) is 5.92 Å². The molecule has 1 heterocycles. The molecule has 1 aliphatic rings. The van der Waals surface area contributed by atoms with Gasteiger partial charge < -0.3 is 5.73 Å². The minimum Gasteiger partial charge on any atom is -0.384 e. The molecule has 0 aliphatic heterocycles. The molecule has 1 fully saturated rings. The number of nitrogens with zero attached hydrogens (tertiary/aromatic N) is 2. The lowest BCUT2D eigenvalue weighted by Crippen LogP contribution is -2.00. The van der Waals surface area contributed by atoms with Crippen molar-refractivity contribution in [2.75, 3.05) is 5.73 Å². The Kier molecular flexibility index (Phi) is 2.72. The van der Waals surface area contributed by atoms with Crippen LogP contribution < -0.4 is 5.73 Å². The summed E-state index contributed by atoms with van der Waals surface area (Å²) < 4.78 is 1.82. The van der Waals surface area contributed by atoms with Crippen molar-refractivity contribution in [1.29, 1.82) is 0 Å². The Labute approximate surface area is 91.7 Å². The molecule has 1 saturated carbocycles. The molecule has 2 N–H and O–H groups in total. The van der Waals surface area contributed by atoms with Crippen molar-refractivity contribution >= 4 is 5.82 Å². The van der Waals surface area contributed by atoms with Gasteiger partial charge in [-0.05, 0) is 24.7 Å². The average molecular weight is 207 g/mol. The maximum Gasteiger partial charge on any atom is 0.125 e. The Hall–Kier alpha value is -0.990. The summed E-state index contributed by atoms with van der Waals surface area (Å²) >= 11 is 0. The van der Waals surface area contributed by atoms with E-state index in [0.717, 1.165) is 18.2 Å². The normalized spacial score (nSPS) is 16.3. The predicted molar refractivity (Wildman–Crippen MR) is 62.8 cm³/mol. The third-order valence-corrected chi connectivity index (χ3v) is 3.27. The van der Waals surface area contributed by atoms with Crippen molar-refractivity contribution in [3.63, 3.8) is 0 Å². The van der Waals surface area contributed by atoms with Gasteiger partial charge in [0, 0.05) is 12.6 Å².